The van der Waals surface area contributed by atoms with Crippen molar-refractivity contribution in [1.29, 1.82) is 0 Å². The first kappa shape index (κ1) is 22.4. The second-order valence-electron chi connectivity index (χ2n) is 8.30. The van der Waals surface area contributed by atoms with Gasteiger partial charge < -0.3 is 15.6 Å². The Morgan fingerprint density at radius 1 is 1.00 bits per heavy atom. The van der Waals surface area contributed by atoms with Crippen LogP contribution in [0, 0.1) is 5.92 Å². The van der Waals surface area contributed by atoms with Crippen LogP contribution in [-0.2, 0) is 11.2 Å². The second kappa shape index (κ2) is 11.2. The number of para-hydroxylation sites is 2. The highest BCUT2D eigenvalue weighted by Crippen LogP contribution is 2.24. The van der Waals surface area contributed by atoms with E-state index in [4.69, 9.17) is 0 Å². The van der Waals surface area contributed by atoms with Crippen LogP contribution < -0.4 is 10.6 Å². The molecule has 7 heteroatoms. The van der Waals surface area contributed by atoms with Crippen LogP contribution in [0.15, 0.2) is 53.4 Å². The normalized spacial score (nSPS) is 14.4. The number of nitrogens with one attached hydrogen (secondary N) is 3. The summed E-state index contributed by atoms with van der Waals surface area (Å²) in [6.07, 6.45) is 6.91. The maximum Gasteiger partial charge on any atom is 0.252 e. The summed E-state index contributed by atoms with van der Waals surface area (Å²) in [6, 6.07) is 15.3. The lowest BCUT2D eigenvalue weighted by Crippen LogP contribution is -2.31. The highest BCUT2D eigenvalue weighted by molar-refractivity contribution is 8.00. The summed E-state index contributed by atoms with van der Waals surface area (Å²) >= 11 is 1.41. The third-order valence-corrected chi connectivity index (χ3v) is 6.96. The van der Waals surface area contributed by atoms with Crippen molar-refractivity contribution in [1.82, 2.24) is 20.6 Å². The minimum absolute atomic E-state index is 0.0284. The number of thioether (sulfide) groups is 1. The Bertz CT molecular complexity index is 1030. The fourth-order valence-electron chi connectivity index (χ4n) is 4.14. The number of benzene rings is 2. The van der Waals surface area contributed by atoms with Crippen LogP contribution in [0.3, 0.4) is 0 Å². The summed E-state index contributed by atoms with van der Waals surface area (Å²) in [5, 5.41) is 6.04. The van der Waals surface area contributed by atoms with Crippen molar-refractivity contribution in [2.75, 3.05) is 18.8 Å². The van der Waals surface area contributed by atoms with Gasteiger partial charge in [-0.25, -0.2) is 4.98 Å². The summed E-state index contributed by atoms with van der Waals surface area (Å²) in [7, 11) is 0. The largest absolute Gasteiger partial charge is 0.355 e. The molecule has 0 spiro atoms. The minimum atomic E-state index is -0.133. The van der Waals surface area contributed by atoms with E-state index in [0.29, 0.717) is 30.2 Å². The summed E-state index contributed by atoms with van der Waals surface area (Å²) in [5.41, 5.74) is 2.52. The van der Waals surface area contributed by atoms with Crippen LogP contribution in [0.2, 0.25) is 0 Å². The first-order valence-electron chi connectivity index (χ1n) is 11.4. The highest BCUT2D eigenvalue weighted by Gasteiger charge is 2.16. The van der Waals surface area contributed by atoms with Crippen LogP contribution in [0.5, 0.6) is 0 Å². The van der Waals surface area contributed by atoms with E-state index in [9.17, 15) is 9.59 Å². The van der Waals surface area contributed by atoms with Gasteiger partial charge in [-0.1, -0.05) is 43.5 Å². The average Bonchev–Trinajstić information content (AvgIpc) is 3.25. The molecule has 0 atom stereocenters. The molecule has 1 heterocycles. The van der Waals surface area contributed by atoms with E-state index >= 15 is 0 Å². The van der Waals surface area contributed by atoms with E-state index in [1.54, 1.807) is 6.07 Å². The second-order valence-corrected chi connectivity index (χ2v) is 9.32. The monoisotopic (exact) mass is 450 g/mol. The quantitative estimate of drug-likeness (QED) is 0.424. The molecule has 2 aromatic carbocycles. The van der Waals surface area contributed by atoms with Gasteiger partial charge in [-0.05, 0) is 43.0 Å². The van der Waals surface area contributed by atoms with E-state index in [1.807, 2.05) is 42.5 Å². The molecule has 168 valence electrons. The molecule has 3 aromatic rings. The number of rotatable bonds is 9. The standard InChI is InChI=1S/C25H30N4O2S/c30-24(27-16-18-8-2-1-3-9-18)17-32-22-13-7-4-10-19(22)25(31)26-15-14-23-28-20-11-5-6-12-21(20)29-23/h4-7,10-13,18H,1-3,8-9,14-17H2,(H,26,31)(H,27,30)(H,28,29). The number of aromatic nitrogens is 2. The maximum absolute atomic E-state index is 12.7. The number of hydrogen-bond donors (Lipinski definition) is 3. The number of aromatic amines is 1. The number of nitrogens with zero attached hydrogens (tertiary/aromatic N) is 1. The number of fused-ring (bicyclic) bond motifs is 1. The van der Waals surface area contributed by atoms with Gasteiger partial charge in [-0.2, -0.15) is 0 Å². The molecule has 2 amide bonds. The van der Waals surface area contributed by atoms with Crippen molar-refractivity contribution < 1.29 is 9.59 Å². The number of H-pyrrole nitrogens is 1. The molecular weight excluding hydrogens is 420 g/mol. The van der Waals surface area contributed by atoms with Crippen molar-refractivity contribution in [3.8, 4) is 0 Å². The average molecular weight is 451 g/mol. The van der Waals surface area contributed by atoms with Gasteiger partial charge in [-0.15, -0.1) is 11.8 Å². The zero-order valence-electron chi connectivity index (χ0n) is 18.2. The molecule has 0 radical (unpaired) electrons. The van der Waals surface area contributed by atoms with Crippen LogP contribution in [-0.4, -0.2) is 40.6 Å². The van der Waals surface area contributed by atoms with Crippen molar-refractivity contribution >= 4 is 34.6 Å². The molecule has 1 fully saturated rings. The highest BCUT2D eigenvalue weighted by atomic mass is 32.2. The summed E-state index contributed by atoms with van der Waals surface area (Å²) < 4.78 is 0. The van der Waals surface area contributed by atoms with Crippen LogP contribution in [0.1, 0.15) is 48.3 Å². The molecule has 1 saturated carbocycles. The van der Waals surface area contributed by atoms with Gasteiger partial charge >= 0.3 is 0 Å². The van der Waals surface area contributed by atoms with Crippen LogP contribution in [0.4, 0.5) is 0 Å². The van der Waals surface area contributed by atoms with E-state index in [2.05, 4.69) is 20.6 Å². The molecule has 0 saturated heterocycles. The van der Waals surface area contributed by atoms with Gasteiger partial charge in [0.15, 0.2) is 0 Å². The Labute approximate surface area is 193 Å². The molecule has 0 bridgehead atoms. The molecule has 0 aliphatic heterocycles. The van der Waals surface area contributed by atoms with Crippen molar-refractivity contribution in [2.24, 2.45) is 5.92 Å². The first-order valence-corrected chi connectivity index (χ1v) is 12.4. The number of amides is 2. The van der Waals surface area contributed by atoms with Crippen molar-refractivity contribution in [2.45, 2.75) is 43.4 Å². The Kier molecular flexibility index (Phi) is 7.82. The van der Waals surface area contributed by atoms with E-state index in [0.717, 1.165) is 28.3 Å². The topological polar surface area (TPSA) is 86.9 Å². The molecule has 6 nitrogen and oxygen atoms in total. The number of carbonyl (C=O) groups is 2. The Hall–Kier alpha value is -2.80. The maximum atomic E-state index is 12.7. The molecule has 3 N–H and O–H groups in total. The fourth-order valence-corrected chi connectivity index (χ4v) is 5.02. The minimum Gasteiger partial charge on any atom is -0.355 e. The summed E-state index contributed by atoms with van der Waals surface area (Å²) in [5.74, 6) is 1.68. The Balaban J connectivity index is 1.25. The lowest BCUT2D eigenvalue weighted by atomic mass is 9.89. The predicted molar refractivity (Wildman–Crippen MR) is 129 cm³/mol. The summed E-state index contributed by atoms with van der Waals surface area (Å²) in [6.45, 7) is 1.25. The molecule has 32 heavy (non-hydrogen) atoms. The van der Waals surface area contributed by atoms with Crippen LogP contribution >= 0.6 is 11.8 Å². The molecule has 1 aromatic heterocycles. The fraction of sp³-hybridized carbons (Fsp3) is 0.400. The van der Waals surface area contributed by atoms with Gasteiger partial charge in [0.2, 0.25) is 5.91 Å². The third kappa shape index (κ3) is 6.13. The summed E-state index contributed by atoms with van der Waals surface area (Å²) in [4.78, 5) is 33.7. The Morgan fingerprint density at radius 3 is 2.62 bits per heavy atom. The number of carbonyl (C=O) groups excluding carboxylic acids is 2. The molecule has 1 aliphatic rings. The zero-order valence-corrected chi connectivity index (χ0v) is 19.0. The molecule has 1 aliphatic carbocycles. The van der Waals surface area contributed by atoms with Gasteiger partial charge in [-0.3, -0.25) is 9.59 Å². The van der Waals surface area contributed by atoms with Gasteiger partial charge in [0.1, 0.15) is 5.82 Å². The van der Waals surface area contributed by atoms with E-state index < -0.39 is 0 Å². The first-order chi connectivity index (χ1) is 15.7. The smallest absolute Gasteiger partial charge is 0.252 e. The predicted octanol–water partition coefficient (Wildman–Crippen LogP) is 4.32. The lowest BCUT2D eigenvalue weighted by molar-refractivity contribution is -0.118. The van der Waals surface area contributed by atoms with Gasteiger partial charge in [0.25, 0.3) is 5.91 Å². The molecular formula is C25H30N4O2S. The lowest BCUT2D eigenvalue weighted by Gasteiger charge is -2.21. The van der Waals surface area contributed by atoms with Crippen molar-refractivity contribution in [3.05, 3.63) is 59.9 Å². The zero-order chi connectivity index (χ0) is 22.2. The van der Waals surface area contributed by atoms with E-state index in [1.165, 1.54) is 43.9 Å². The van der Waals surface area contributed by atoms with Gasteiger partial charge in [0, 0.05) is 24.4 Å². The molecule has 0 unspecified atom stereocenters. The van der Waals surface area contributed by atoms with Gasteiger partial charge in [0.05, 0.1) is 22.3 Å². The Morgan fingerprint density at radius 2 is 1.78 bits per heavy atom. The SMILES string of the molecule is O=C(CSc1ccccc1C(=O)NCCc1nc2ccccc2[nH]1)NCC1CCCCC1. The van der Waals surface area contributed by atoms with Crippen LogP contribution in [0.25, 0.3) is 11.0 Å². The van der Waals surface area contributed by atoms with Crippen molar-refractivity contribution in [3.63, 3.8) is 0 Å². The number of imidazole rings is 1. The van der Waals surface area contributed by atoms with E-state index in [-0.39, 0.29) is 11.8 Å². The molecule has 4 rings (SSSR count). The number of hydrogen-bond acceptors (Lipinski definition) is 4. The third-order valence-electron chi connectivity index (χ3n) is 5.89.